The van der Waals surface area contributed by atoms with Crippen molar-refractivity contribution in [2.45, 2.75) is 156 Å². The summed E-state index contributed by atoms with van der Waals surface area (Å²) in [4.78, 5) is 49.9. The summed E-state index contributed by atoms with van der Waals surface area (Å²) in [6.07, 6.45) is 30.1. The average Bonchev–Trinajstić information content (AvgIpc) is 3.42. The lowest BCUT2D eigenvalue weighted by atomic mass is 10.0. The molecule has 1 unspecified atom stereocenters. The molecule has 330 valence electrons. The summed E-state index contributed by atoms with van der Waals surface area (Å²) in [5.74, 6) is 0.949. The summed E-state index contributed by atoms with van der Waals surface area (Å²) >= 11 is 0. The number of likely N-dealkylation sites (N-methyl/N-ethyl adjacent to an activating group) is 1. The van der Waals surface area contributed by atoms with Crippen molar-refractivity contribution < 1.29 is 51.3 Å². The number of unbranched alkanes of at least 4 members (excludes halogenated alkanes) is 8. The summed E-state index contributed by atoms with van der Waals surface area (Å²) in [6.45, 7) is 8.04. The number of carbonyl (C=O) groups excluding carboxylic acids is 3. The number of furan rings is 1. The van der Waals surface area contributed by atoms with Gasteiger partial charge in [0.2, 0.25) is 0 Å². The molecule has 0 amide bonds. The quantitative estimate of drug-likeness (QED) is 0.0123. The third kappa shape index (κ3) is 28.4. The van der Waals surface area contributed by atoms with Gasteiger partial charge in [0.1, 0.15) is 31.3 Å². The van der Waals surface area contributed by atoms with E-state index in [0.717, 1.165) is 82.1 Å². The van der Waals surface area contributed by atoms with Crippen molar-refractivity contribution in [3.63, 3.8) is 0 Å². The van der Waals surface area contributed by atoms with Crippen LogP contribution in [0.15, 0.2) is 53.0 Å². The van der Waals surface area contributed by atoms with Crippen LogP contribution in [0, 0.1) is 13.8 Å². The van der Waals surface area contributed by atoms with E-state index >= 15 is 0 Å². The number of allylic oxidation sites excluding steroid dienone is 8. The Hall–Kier alpha value is -3.08. The first-order valence-electron chi connectivity index (χ1n) is 21.7. The van der Waals surface area contributed by atoms with Crippen LogP contribution in [0.2, 0.25) is 0 Å². The van der Waals surface area contributed by atoms with E-state index in [1.54, 1.807) is 6.08 Å². The van der Waals surface area contributed by atoms with Crippen LogP contribution < -0.4 is 4.89 Å². The van der Waals surface area contributed by atoms with Crippen molar-refractivity contribution in [3.05, 3.63) is 71.3 Å². The number of rotatable bonds is 35. The highest BCUT2D eigenvalue weighted by molar-refractivity contribution is 7.45. The molecular formula is C46H76NO10P. The molecule has 2 atom stereocenters. The molecular weight excluding hydrogens is 757 g/mol. The number of nitrogens with zero attached hydrogens (tertiary/aromatic N) is 1. The Kier molecular flexibility index (Phi) is 29.0. The van der Waals surface area contributed by atoms with Gasteiger partial charge in [-0.15, -0.1) is 0 Å². The van der Waals surface area contributed by atoms with Crippen molar-refractivity contribution in [1.82, 2.24) is 0 Å². The molecule has 1 rings (SSSR count). The predicted molar refractivity (Wildman–Crippen MR) is 230 cm³/mol. The molecule has 0 aromatic carbocycles. The van der Waals surface area contributed by atoms with E-state index < -0.39 is 32.5 Å². The van der Waals surface area contributed by atoms with Gasteiger partial charge in [-0.1, -0.05) is 94.9 Å². The van der Waals surface area contributed by atoms with Gasteiger partial charge in [0.05, 0.1) is 27.7 Å². The van der Waals surface area contributed by atoms with Gasteiger partial charge in [-0.05, 0) is 82.4 Å². The lowest BCUT2D eigenvalue weighted by molar-refractivity contribution is -0.870. The number of ketones is 1. The van der Waals surface area contributed by atoms with Gasteiger partial charge in [-0.3, -0.25) is 18.9 Å². The third-order valence-electron chi connectivity index (χ3n) is 9.50. The molecule has 0 spiro atoms. The number of phosphoric acid groups is 1. The zero-order valence-corrected chi connectivity index (χ0v) is 37.8. The molecule has 0 saturated heterocycles. The fourth-order valence-corrected chi connectivity index (χ4v) is 6.56. The summed E-state index contributed by atoms with van der Waals surface area (Å²) in [5, 5.41) is 0. The fraction of sp³-hybridized carbons (Fsp3) is 0.674. The minimum atomic E-state index is -4.71. The lowest BCUT2D eigenvalue weighted by Gasteiger charge is -2.28. The zero-order valence-electron chi connectivity index (χ0n) is 36.9. The first kappa shape index (κ1) is 52.9. The molecule has 1 aromatic rings. The maximum atomic E-state index is 12.7. The first-order valence-corrected chi connectivity index (χ1v) is 23.1. The van der Waals surface area contributed by atoms with Crippen molar-refractivity contribution in [3.8, 4) is 0 Å². The molecule has 0 fully saturated rings. The lowest BCUT2D eigenvalue weighted by Crippen LogP contribution is -2.37. The molecule has 0 aliphatic rings. The molecule has 0 aliphatic carbocycles. The minimum absolute atomic E-state index is 0.0760. The highest BCUT2D eigenvalue weighted by Crippen LogP contribution is 2.38. The molecule has 11 nitrogen and oxygen atoms in total. The van der Waals surface area contributed by atoms with E-state index in [1.165, 1.54) is 36.5 Å². The van der Waals surface area contributed by atoms with Crippen molar-refractivity contribution in [2.75, 3.05) is 47.5 Å². The summed E-state index contributed by atoms with van der Waals surface area (Å²) in [6, 6.07) is 0. The van der Waals surface area contributed by atoms with Crippen LogP contribution in [0.4, 0.5) is 0 Å². The Balaban J connectivity index is 2.47. The van der Waals surface area contributed by atoms with Crippen molar-refractivity contribution in [1.29, 1.82) is 0 Å². The normalized spacial score (nSPS) is 13.9. The number of ether oxygens (including phenoxy) is 2. The van der Waals surface area contributed by atoms with Gasteiger partial charge >= 0.3 is 11.9 Å². The van der Waals surface area contributed by atoms with Gasteiger partial charge in [0, 0.05) is 32.1 Å². The highest BCUT2D eigenvalue weighted by atomic mass is 31.2. The molecule has 0 saturated carbocycles. The van der Waals surface area contributed by atoms with Crippen LogP contribution in [0.25, 0.3) is 0 Å². The zero-order chi connectivity index (χ0) is 43.1. The molecule has 0 N–H and O–H groups in total. The largest absolute Gasteiger partial charge is 0.756 e. The topological polar surface area (TPSA) is 141 Å². The van der Waals surface area contributed by atoms with Crippen molar-refractivity contribution in [2.24, 2.45) is 0 Å². The maximum Gasteiger partial charge on any atom is 0.306 e. The number of aryl methyl sites for hydroxylation is 2. The maximum absolute atomic E-state index is 12.7. The molecule has 12 heteroatoms. The van der Waals surface area contributed by atoms with Gasteiger partial charge in [0.15, 0.2) is 11.9 Å². The second-order valence-corrected chi connectivity index (χ2v) is 17.4. The Morgan fingerprint density at radius 3 is 2.03 bits per heavy atom. The summed E-state index contributed by atoms with van der Waals surface area (Å²) in [5.41, 5.74) is 2.55. The Labute approximate surface area is 350 Å². The van der Waals surface area contributed by atoms with E-state index in [0.29, 0.717) is 17.4 Å². The highest BCUT2D eigenvalue weighted by Gasteiger charge is 2.22. The van der Waals surface area contributed by atoms with Gasteiger partial charge < -0.3 is 32.3 Å². The number of phosphoric ester groups is 1. The van der Waals surface area contributed by atoms with E-state index in [4.69, 9.17) is 22.9 Å². The van der Waals surface area contributed by atoms with Crippen LogP contribution in [0.5, 0.6) is 0 Å². The number of hydrogen-bond donors (Lipinski definition) is 0. The molecule has 1 heterocycles. The third-order valence-corrected chi connectivity index (χ3v) is 10.5. The average molecular weight is 834 g/mol. The molecule has 0 radical (unpaired) electrons. The second-order valence-electron chi connectivity index (χ2n) is 16.0. The van der Waals surface area contributed by atoms with Crippen LogP contribution >= 0.6 is 7.82 Å². The Morgan fingerprint density at radius 2 is 1.34 bits per heavy atom. The van der Waals surface area contributed by atoms with Crippen LogP contribution in [0.1, 0.15) is 146 Å². The van der Waals surface area contributed by atoms with Gasteiger partial charge in [-0.2, -0.15) is 0 Å². The standard InChI is InChI=1S/C46H76NO10P/c1-8-10-11-12-13-14-15-16-17-18-19-22-25-30-41(48)31-28-34-46(50)56-42(38-55-58(51,52)54-36-35-47(5,6)7)37-53-45(49)33-27-24-21-20-23-26-32-44-40(4)39(3)43(57-44)29-9-2/h13-14,16-17,19,22,25,30,42H,8-12,15,18,20-21,23-24,26-29,31-38H2,1-7H3/b14-13-,17-16-,22-19-,30-25+/t42-/m1/s1. The smallest absolute Gasteiger partial charge is 0.306 e. The summed E-state index contributed by atoms with van der Waals surface area (Å²) in [7, 11) is 0.986. The summed E-state index contributed by atoms with van der Waals surface area (Å²) < 4.78 is 39.8. The van der Waals surface area contributed by atoms with Gasteiger partial charge in [-0.25, -0.2) is 0 Å². The van der Waals surface area contributed by atoms with Crippen LogP contribution in [-0.2, 0) is 50.3 Å². The van der Waals surface area contributed by atoms with E-state index in [9.17, 15) is 23.8 Å². The minimum Gasteiger partial charge on any atom is -0.756 e. The Morgan fingerprint density at radius 1 is 0.707 bits per heavy atom. The molecule has 58 heavy (non-hydrogen) atoms. The SMILES string of the molecule is CCCCC/C=C\C/C=C\C/C=C\C=C\C(=O)CCCC(=O)O[C@H](COC(=O)CCCCCCCCc1oc(CCC)c(C)c1C)COP(=O)([O-])OCC[N+](C)(C)C. The molecule has 0 bridgehead atoms. The van der Waals surface area contributed by atoms with E-state index in [-0.39, 0.29) is 44.7 Å². The van der Waals surface area contributed by atoms with E-state index in [2.05, 4.69) is 52.0 Å². The first-order chi connectivity index (χ1) is 27.7. The van der Waals surface area contributed by atoms with E-state index in [1.807, 2.05) is 33.3 Å². The van der Waals surface area contributed by atoms with Crippen molar-refractivity contribution >= 4 is 25.5 Å². The molecule has 0 aliphatic heterocycles. The number of hydrogen-bond acceptors (Lipinski definition) is 10. The predicted octanol–water partition coefficient (Wildman–Crippen LogP) is 10.1. The molecule has 1 aromatic heterocycles. The second kappa shape index (κ2) is 31.8. The fourth-order valence-electron chi connectivity index (χ4n) is 5.83. The van der Waals surface area contributed by atoms with Crippen LogP contribution in [-0.4, -0.2) is 75.8 Å². The number of quaternary nitrogens is 1. The van der Waals surface area contributed by atoms with Crippen LogP contribution in [0.3, 0.4) is 0 Å². The Bertz CT molecular complexity index is 1470. The monoisotopic (exact) mass is 834 g/mol. The number of carbonyl (C=O) groups is 3. The van der Waals surface area contributed by atoms with Gasteiger partial charge in [0.25, 0.3) is 7.82 Å². The number of esters is 2.